The summed E-state index contributed by atoms with van der Waals surface area (Å²) in [5.41, 5.74) is 1.36. The average molecular weight is 414 g/mol. The maximum absolute atomic E-state index is 12.8. The number of carbonyl (C=O) groups is 1. The topological polar surface area (TPSA) is 90.7 Å². The summed E-state index contributed by atoms with van der Waals surface area (Å²) in [4.78, 5) is 28.5. The third kappa shape index (κ3) is 3.49. The molecule has 0 radical (unpaired) electrons. The third-order valence-corrected chi connectivity index (χ3v) is 4.84. The molecule has 0 saturated carbocycles. The van der Waals surface area contributed by atoms with Crippen LogP contribution in [0.1, 0.15) is 28.2 Å². The van der Waals surface area contributed by atoms with Gasteiger partial charge in [0, 0.05) is 6.54 Å². The molecule has 30 heavy (non-hydrogen) atoms. The highest BCUT2D eigenvalue weighted by molar-refractivity contribution is 5.93. The highest BCUT2D eigenvalue weighted by atomic mass is 19.3. The van der Waals surface area contributed by atoms with Crippen LogP contribution in [0, 0.1) is 0 Å². The number of nitrogens with zero attached hydrogens (tertiary/aromatic N) is 2. The van der Waals surface area contributed by atoms with Gasteiger partial charge in [0.15, 0.2) is 11.5 Å². The quantitative estimate of drug-likeness (QED) is 0.686. The van der Waals surface area contributed by atoms with Crippen LogP contribution >= 0.6 is 0 Å². The Kier molecular flexibility index (Phi) is 4.94. The monoisotopic (exact) mass is 414 g/mol. The summed E-state index contributed by atoms with van der Waals surface area (Å²) in [5.74, 6) is -0.623. The zero-order chi connectivity index (χ0) is 21.4. The SMILES string of the molecule is COc1ccc(/C=C2\CCn3c2nc2cc(C(=O)O)ccc2c3=O)cc1OC(F)F. The Hall–Kier alpha value is -3.75. The maximum Gasteiger partial charge on any atom is 0.387 e. The Bertz CT molecular complexity index is 1250. The summed E-state index contributed by atoms with van der Waals surface area (Å²) in [6.45, 7) is -2.58. The van der Waals surface area contributed by atoms with Crippen LogP contribution in [0.25, 0.3) is 22.6 Å². The molecule has 0 fully saturated rings. The first kappa shape index (κ1) is 19.6. The number of methoxy groups -OCH3 is 1. The number of fused-ring (bicyclic) bond motifs is 2. The van der Waals surface area contributed by atoms with Crippen molar-refractivity contribution in [2.24, 2.45) is 0 Å². The van der Waals surface area contributed by atoms with E-state index in [1.54, 1.807) is 12.1 Å². The highest BCUT2D eigenvalue weighted by Gasteiger charge is 2.22. The molecular formula is C21H16F2N2O5. The van der Waals surface area contributed by atoms with Crippen molar-refractivity contribution in [2.75, 3.05) is 7.11 Å². The number of carboxylic acid groups (broad SMARTS) is 1. The van der Waals surface area contributed by atoms with Crippen molar-refractivity contribution in [3.8, 4) is 11.5 Å². The van der Waals surface area contributed by atoms with Gasteiger partial charge in [0.05, 0.1) is 23.6 Å². The molecule has 9 heteroatoms. The lowest BCUT2D eigenvalue weighted by molar-refractivity contribution is -0.0512. The van der Waals surface area contributed by atoms with E-state index in [1.807, 2.05) is 0 Å². The average Bonchev–Trinajstić information content (AvgIpc) is 3.10. The van der Waals surface area contributed by atoms with Crippen molar-refractivity contribution in [1.29, 1.82) is 0 Å². The van der Waals surface area contributed by atoms with E-state index in [-0.39, 0.29) is 28.1 Å². The molecule has 0 unspecified atom stereocenters. The van der Waals surface area contributed by atoms with Crippen LogP contribution in [-0.4, -0.2) is 34.3 Å². The fourth-order valence-electron chi connectivity index (χ4n) is 3.46. The summed E-state index contributed by atoms with van der Waals surface area (Å²) in [6.07, 6.45) is 2.25. The number of alkyl halides is 2. The Labute approximate surface area is 168 Å². The Morgan fingerprint density at radius 3 is 2.73 bits per heavy atom. The summed E-state index contributed by atoms with van der Waals surface area (Å²) in [6, 6.07) is 8.79. The normalized spacial score (nSPS) is 14.3. The van der Waals surface area contributed by atoms with Crippen molar-refractivity contribution in [1.82, 2.24) is 9.55 Å². The molecule has 7 nitrogen and oxygen atoms in total. The molecule has 4 rings (SSSR count). The number of allylic oxidation sites excluding steroid dienone is 1. The molecule has 2 heterocycles. The molecular weight excluding hydrogens is 398 g/mol. The first-order valence-electron chi connectivity index (χ1n) is 8.99. The molecule has 3 aromatic rings. The van der Waals surface area contributed by atoms with Crippen molar-refractivity contribution < 1.29 is 28.2 Å². The Balaban J connectivity index is 1.80. The lowest BCUT2D eigenvalue weighted by atomic mass is 10.1. The zero-order valence-corrected chi connectivity index (χ0v) is 15.8. The van der Waals surface area contributed by atoms with Crippen molar-refractivity contribution in [3.63, 3.8) is 0 Å². The molecule has 0 bridgehead atoms. The van der Waals surface area contributed by atoms with Gasteiger partial charge in [-0.05, 0) is 54.0 Å². The van der Waals surface area contributed by atoms with E-state index in [1.165, 1.54) is 42.0 Å². The van der Waals surface area contributed by atoms with Crippen LogP contribution in [-0.2, 0) is 6.54 Å². The summed E-state index contributed by atoms with van der Waals surface area (Å²) in [7, 11) is 1.35. The standard InChI is InChI=1S/C21H16F2N2O5/c1-29-16-5-2-11(9-17(16)30-21(22)23)8-12-6-7-25-18(12)24-15-10-13(20(27)28)3-4-14(15)19(25)26/h2-5,8-10,21H,6-7H2,1H3,(H,27,28)/b12-8+. The summed E-state index contributed by atoms with van der Waals surface area (Å²) < 4.78 is 36.4. The fraction of sp³-hybridized carbons (Fsp3) is 0.190. The van der Waals surface area contributed by atoms with Gasteiger partial charge in [-0.15, -0.1) is 0 Å². The molecule has 1 aliphatic heterocycles. The van der Waals surface area contributed by atoms with Crippen LogP contribution in [0.3, 0.4) is 0 Å². The number of rotatable bonds is 5. The molecule has 0 spiro atoms. The van der Waals surface area contributed by atoms with Crippen LogP contribution < -0.4 is 15.0 Å². The molecule has 154 valence electrons. The second-order valence-electron chi connectivity index (χ2n) is 6.64. The predicted molar refractivity (Wildman–Crippen MR) is 105 cm³/mol. The predicted octanol–water partition coefficient (Wildman–Crippen LogP) is 3.65. The van der Waals surface area contributed by atoms with Crippen LogP contribution in [0.15, 0.2) is 41.2 Å². The van der Waals surface area contributed by atoms with Gasteiger partial charge in [-0.2, -0.15) is 8.78 Å². The maximum atomic E-state index is 12.8. The second-order valence-corrected chi connectivity index (χ2v) is 6.64. The lowest BCUT2D eigenvalue weighted by Gasteiger charge is -2.10. The van der Waals surface area contributed by atoms with Gasteiger partial charge in [0.2, 0.25) is 0 Å². The number of aromatic nitrogens is 2. The molecule has 1 aromatic heterocycles. The smallest absolute Gasteiger partial charge is 0.387 e. The van der Waals surface area contributed by atoms with Crippen LogP contribution in [0.4, 0.5) is 8.78 Å². The van der Waals surface area contributed by atoms with Crippen molar-refractivity contribution in [2.45, 2.75) is 19.6 Å². The van der Waals surface area contributed by atoms with Gasteiger partial charge in [0.1, 0.15) is 5.82 Å². The van der Waals surface area contributed by atoms with Gasteiger partial charge in [-0.1, -0.05) is 6.07 Å². The van der Waals surface area contributed by atoms with E-state index in [9.17, 15) is 23.5 Å². The molecule has 0 amide bonds. The highest BCUT2D eigenvalue weighted by Crippen LogP contribution is 2.33. The van der Waals surface area contributed by atoms with E-state index in [4.69, 9.17) is 4.74 Å². The van der Waals surface area contributed by atoms with Gasteiger partial charge in [-0.25, -0.2) is 9.78 Å². The Morgan fingerprint density at radius 1 is 1.23 bits per heavy atom. The Morgan fingerprint density at radius 2 is 2.03 bits per heavy atom. The van der Waals surface area contributed by atoms with E-state index in [0.29, 0.717) is 29.7 Å². The minimum atomic E-state index is -3.00. The molecule has 2 aromatic carbocycles. The molecule has 0 atom stereocenters. The van der Waals surface area contributed by atoms with E-state index >= 15 is 0 Å². The minimum absolute atomic E-state index is 0.0341. The van der Waals surface area contributed by atoms with E-state index < -0.39 is 12.6 Å². The molecule has 1 N–H and O–H groups in total. The van der Waals surface area contributed by atoms with E-state index in [0.717, 1.165) is 5.57 Å². The van der Waals surface area contributed by atoms with Gasteiger partial charge in [0.25, 0.3) is 5.56 Å². The fourth-order valence-corrected chi connectivity index (χ4v) is 3.46. The number of benzene rings is 2. The summed E-state index contributed by atoms with van der Waals surface area (Å²) >= 11 is 0. The van der Waals surface area contributed by atoms with Crippen molar-refractivity contribution >= 4 is 28.5 Å². The number of hydrogen-bond donors (Lipinski definition) is 1. The first-order valence-corrected chi connectivity index (χ1v) is 8.99. The van der Waals surface area contributed by atoms with Crippen LogP contribution in [0.5, 0.6) is 11.5 Å². The van der Waals surface area contributed by atoms with Gasteiger partial charge < -0.3 is 14.6 Å². The minimum Gasteiger partial charge on any atom is -0.493 e. The first-order chi connectivity index (χ1) is 14.4. The number of aromatic carboxylic acids is 1. The van der Waals surface area contributed by atoms with Gasteiger partial charge >= 0.3 is 12.6 Å². The zero-order valence-electron chi connectivity index (χ0n) is 15.8. The van der Waals surface area contributed by atoms with E-state index in [2.05, 4.69) is 9.72 Å². The second kappa shape index (κ2) is 7.58. The number of halogens is 2. The van der Waals surface area contributed by atoms with Crippen LogP contribution in [0.2, 0.25) is 0 Å². The molecule has 1 aliphatic rings. The number of carboxylic acids is 1. The lowest BCUT2D eigenvalue weighted by Crippen LogP contribution is -2.21. The molecule has 0 aliphatic carbocycles. The largest absolute Gasteiger partial charge is 0.493 e. The molecule has 0 saturated heterocycles. The van der Waals surface area contributed by atoms with Crippen molar-refractivity contribution in [3.05, 3.63) is 63.7 Å². The number of hydrogen-bond acceptors (Lipinski definition) is 5. The third-order valence-electron chi connectivity index (χ3n) is 4.84. The summed E-state index contributed by atoms with van der Waals surface area (Å²) in [5, 5.41) is 9.52. The van der Waals surface area contributed by atoms with Gasteiger partial charge in [-0.3, -0.25) is 9.36 Å². The number of ether oxygens (including phenoxy) is 2.